The predicted octanol–water partition coefficient (Wildman–Crippen LogP) is 1.13. The van der Waals surface area contributed by atoms with Gasteiger partial charge in [0, 0.05) is 49.5 Å². The summed E-state index contributed by atoms with van der Waals surface area (Å²) >= 11 is 0. The standard InChI is InChI=1S/C18H21N7O/c26-18-3-2-17(24-7-1-6-21-24)22-25(18)13-15-4-8-23(9-5-15)12-16-10-19-14-20-11-16/h1-3,6-7,10-11,14-15H,4-5,8-9,12-13H2. The van der Waals surface area contributed by atoms with Crippen molar-refractivity contribution < 1.29 is 0 Å². The van der Waals surface area contributed by atoms with E-state index in [9.17, 15) is 4.79 Å². The smallest absolute Gasteiger partial charge is 0.266 e. The van der Waals surface area contributed by atoms with Crippen LogP contribution in [0.3, 0.4) is 0 Å². The first kappa shape index (κ1) is 16.6. The van der Waals surface area contributed by atoms with Crippen molar-refractivity contribution in [1.82, 2.24) is 34.4 Å². The van der Waals surface area contributed by atoms with E-state index in [-0.39, 0.29) is 5.56 Å². The molecule has 0 N–H and O–H groups in total. The lowest BCUT2D eigenvalue weighted by atomic mass is 9.96. The minimum Gasteiger partial charge on any atom is -0.299 e. The van der Waals surface area contributed by atoms with Crippen molar-refractivity contribution in [2.75, 3.05) is 13.1 Å². The molecule has 8 heteroatoms. The van der Waals surface area contributed by atoms with Gasteiger partial charge < -0.3 is 0 Å². The molecule has 0 saturated carbocycles. The summed E-state index contributed by atoms with van der Waals surface area (Å²) in [5, 5.41) is 8.65. The fourth-order valence-electron chi connectivity index (χ4n) is 3.34. The highest BCUT2D eigenvalue weighted by Crippen LogP contribution is 2.19. The summed E-state index contributed by atoms with van der Waals surface area (Å²) in [5.41, 5.74) is 1.07. The number of nitrogens with zero attached hydrogens (tertiary/aromatic N) is 7. The van der Waals surface area contributed by atoms with Crippen molar-refractivity contribution >= 4 is 0 Å². The molecular weight excluding hydrogens is 330 g/mol. The molecule has 0 atom stereocenters. The molecule has 8 nitrogen and oxygen atoms in total. The van der Waals surface area contributed by atoms with Gasteiger partial charge in [0.05, 0.1) is 0 Å². The summed E-state index contributed by atoms with van der Waals surface area (Å²) in [6.45, 7) is 3.54. The highest BCUT2D eigenvalue weighted by molar-refractivity contribution is 5.17. The van der Waals surface area contributed by atoms with Crippen LogP contribution in [0.4, 0.5) is 0 Å². The zero-order valence-corrected chi connectivity index (χ0v) is 14.5. The van der Waals surface area contributed by atoms with Crippen molar-refractivity contribution in [1.29, 1.82) is 0 Å². The monoisotopic (exact) mass is 351 g/mol. The maximum absolute atomic E-state index is 12.2. The molecule has 0 amide bonds. The van der Waals surface area contributed by atoms with Crippen molar-refractivity contribution in [3.05, 3.63) is 65.2 Å². The second-order valence-electron chi connectivity index (χ2n) is 6.63. The number of likely N-dealkylation sites (tertiary alicyclic amines) is 1. The minimum atomic E-state index is -0.0650. The molecule has 0 spiro atoms. The summed E-state index contributed by atoms with van der Waals surface area (Å²) < 4.78 is 3.24. The van der Waals surface area contributed by atoms with Gasteiger partial charge in [-0.3, -0.25) is 9.69 Å². The largest absolute Gasteiger partial charge is 0.299 e. The summed E-state index contributed by atoms with van der Waals surface area (Å²) in [5.74, 6) is 1.12. The molecular formula is C18H21N7O. The van der Waals surface area contributed by atoms with E-state index in [0.29, 0.717) is 18.3 Å². The molecule has 134 valence electrons. The van der Waals surface area contributed by atoms with E-state index in [1.807, 2.05) is 24.7 Å². The van der Waals surface area contributed by atoms with Crippen molar-refractivity contribution in [3.8, 4) is 5.82 Å². The summed E-state index contributed by atoms with van der Waals surface area (Å²) in [7, 11) is 0. The van der Waals surface area contributed by atoms with Crippen LogP contribution in [-0.2, 0) is 13.1 Å². The highest BCUT2D eigenvalue weighted by atomic mass is 16.1. The van der Waals surface area contributed by atoms with Crippen LogP contribution >= 0.6 is 0 Å². The molecule has 1 fully saturated rings. The van der Waals surface area contributed by atoms with Crippen LogP contribution in [0.25, 0.3) is 5.82 Å². The van der Waals surface area contributed by atoms with Crippen LogP contribution in [0, 0.1) is 5.92 Å². The van der Waals surface area contributed by atoms with Crippen molar-refractivity contribution in [2.24, 2.45) is 5.92 Å². The maximum atomic E-state index is 12.2. The third kappa shape index (κ3) is 3.85. The van der Waals surface area contributed by atoms with Gasteiger partial charge >= 0.3 is 0 Å². The first-order valence-corrected chi connectivity index (χ1v) is 8.82. The van der Waals surface area contributed by atoms with Crippen LogP contribution in [0.1, 0.15) is 18.4 Å². The molecule has 26 heavy (non-hydrogen) atoms. The van der Waals surface area contributed by atoms with Crippen LogP contribution in [0.2, 0.25) is 0 Å². The van der Waals surface area contributed by atoms with Crippen LogP contribution in [0.15, 0.2) is 54.1 Å². The molecule has 4 rings (SSSR count). The molecule has 1 saturated heterocycles. The topological polar surface area (TPSA) is 81.7 Å². The summed E-state index contributed by atoms with van der Waals surface area (Å²) in [6, 6.07) is 5.11. The Balaban J connectivity index is 1.37. The zero-order chi connectivity index (χ0) is 17.8. The van der Waals surface area contributed by atoms with E-state index >= 15 is 0 Å². The van der Waals surface area contributed by atoms with E-state index in [2.05, 4.69) is 25.1 Å². The van der Waals surface area contributed by atoms with Gasteiger partial charge in [-0.2, -0.15) is 5.10 Å². The Morgan fingerprint density at radius 2 is 1.92 bits per heavy atom. The van der Waals surface area contributed by atoms with E-state index < -0.39 is 0 Å². The van der Waals surface area contributed by atoms with Gasteiger partial charge in [0.2, 0.25) is 0 Å². The third-order valence-electron chi connectivity index (χ3n) is 4.75. The molecule has 0 aromatic carbocycles. The predicted molar refractivity (Wildman–Crippen MR) is 95.7 cm³/mol. The molecule has 0 radical (unpaired) electrons. The Bertz CT molecular complexity index is 883. The number of piperidine rings is 1. The first-order valence-electron chi connectivity index (χ1n) is 8.82. The zero-order valence-electron chi connectivity index (χ0n) is 14.5. The van der Waals surface area contributed by atoms with E-state index in [1.165, 1.54) is 0 Å². The van der Waals surface area contributed by atoms with Gasteiger partial charge in [0.15, 0.2) is 5.82 Å². The Hall–Kier alpha value is -2.87. The lowest BCUT2D eigenvalue weighted by molar-refractivity contribution is 0.163. The maximum Gasteiger partial charge on any atom is 0.266 e. The Morgan fingerprint density at radius 1 is 1.12 bits per heavy atom. The molecule has 0 unspecified atom stereocenters. The fourth-order valence-corrected chi connectivity index (χ4v) is 3.34. The third-order valence-corrected chi connectivity index (χ3v) is 4.75. The SMILES string of the molecule is O=c1ccc(-n2cccn2)nn1CC1CCN(Cc2cncnc2)CC1. The van der Waals surface area contributed by atoms with Crippen molar-refractivity contribution in [2.45, 2.75) is 25.9 Å². The van der Waals surface area contributed by atoms with Gasteiger partial charge in [0.25, 0.3) is 5.56 Å². The van der Waals surface area contributed by atoms with Crippen LogP contribution < -0.4 is 5.56 Å². The lowest BCUT2D eigenvalue weighted by Crippen LogP contribution is -2.36. The molecule has 3 aromatic rings. The normalized spacial score (nSPS) is 16.0. The van der Waals surface area contributed by atoms with Gasteiger partial charge in [-0.05, 0) is 44.0 Å². The Morgan fingerprint density at radius 3 is 2.65 bits per heavy atom. The number of aromatic nitrogens is 6. The molecule has 3 aromatic heterocycles. The summed E-state index contributed by atoms with van der Waals surface area (Å²) in [4.78, 5) is 22.7. The second kappa shape index (κ2) is 7.57. The van der Waals surface area contributed by atoms with Gasteiger partial charge in [0.1, 0.15) is 6.33 Å². The Labute approximate surface area is 151 Å². The van der Waals surface area contributed by atoms with E-state index in [0.717, 1.165) is 38.0 Å². The lowest BCUT2D eigenvalue weighted by Gasteiger charge is -2.31. The average molecular weight is 351 g/mol. The van der Waals surface area contributed by atoms with Gasteiger partial charge in [-0.15, -0.1) is 5.10 Å². The molecule has 1 aliphatic heterocycles. The number of hydrogen-bond acceptors (Lipinski definition) is 6. The number of rotatable bonds is 5. The second-order valence-corrected chi connectivity index (χ2v) is 6.63. The molecule has 0 bridgehead atoms. The highest BCUT2D eigenvalue weighted by Gasteiger charge is 2.20. The number of hydrogen-bond donors (Lipinski definition) is 0. The van der Waals surface area contributed by atoms with Crippen molar-refractivity contribution in [3.63, 3.8) is 0 Å². The first-order chi connectivity index (χ1) is 12.8. The summed E-state index contributed by atoms with van der Waals surface area (Å²) in [6.07, 6.45) is 10.9. The molecule has 1 aliphatic rings. The average Bonchev–Trinajstić information content (AvgIpc) is 3.21. The van der Waals surface area contributed by atoms with Gasteiger partial charge in [-0.1, -0.05) is 0 Å². The van der Waals surface area contributed by atoms with Gasteiger partial charge in [-0.25, -0.2) is 19.3 Å². The Kier molecular flexibility index (Phi) is 4.83. The van der Waals surface area contributed by atoms with E-state index in [1.54, 1.807) is 34.0 Å². The van der Waals surface area contributed by atoms with Crippen LogP contribution in [0.5, 0.6) is 0 Å². The van der Waals surface area contributed by atoms with Crippen LogP contribution in [-0.4, -0.2) is 47.5 Å². The van der Waals surface area contributed by atoms with E-state index in [4.69, 9.17) is 0 Å². The fraction of sp³-hybridized carbons (Fsp3) is 0.389. The molecule has 4 heterocycles. The molecule has 0 aliphatic carbocycles. The quantitative estimate of drug-likeness (QED) is 0.685. The minimum absolute atomic E-state index is 0.0650.